The fourth-order valence-electron chi connectivity index (χ4n) is 7.61. The van der Waals surface area contributed by atoms with E-state index in [0.29, 0.717) is 68.2 Å². The molecule has 1 aliphatic heterocycles. The number of esters is 1. The van der Waals surface area contributed by atoms with E-state index in [1.165, 1.54) is 31.0 Å². The van der Waals surface area contributed by atoms with Crippen molar-refractivity contribution >= 4 is 23.5 Å². The first kappa shape index (κ1) is 26.7. The highest BCUT2D eigenvalue weighted by Crippen LogP contribution is 2.60. The number of hydrogen-bond acceptors (Lipinski definition) is 8. The van der Waals surface area contributed by atoms with Crippen molar-refractivity contribution in [2.24, 2.45) is 23.2 Å². The summed E-state index contributed by atoms with van der Waals surface area (Å²) >= 11 is 1.39. The van der Waals surface area contributed by atoms with E-state index in [0.717, 1.165) is 19.3 Å². The molecule has 7 nitrogen and oxygen atoms in total. The first-order valence-electron chi connectivity index (χ1n) is 13.5. The fraction of sp³-hybridized carbons (Fsp3) is 0.567. The van der Waals surface area contributed by atoms with Gasteiger partial charge in [-0.15, -0.1) is 0 Å². The van der Waals surface area contributed by atoms with Crippen molar-refractivity contribution < 1.29 is 23.8 Å². The van der Waals surface area contributed by atoms with Crippen LogP contribution in [0.25, 0.3) is 0 Å². The lowest BCUT2D eigenvalue weighted by Crippen LogP contribution is -2.50. The number of dihydropyridines is 1. The van der Waals surface area contributed by atoms with Crippen molar-refractivity contribution in [3.05, 3.63) is 45.6 Å². The predicted molar refractivity (Wildman–Crippen MR) is 145 cm³/mol. The number of benzene rings is 1. The van der Waals surface area contributed by atoms with E-state index in [1.54, 1.807) is 33.3 Å². The summed E-state index contributed by atoms with van der Waals surface area (Å²) in [6, 6.07) is 7.75. The Morgan fingerprint density at radius 3 is 2.26 bits per heavy atom. The average Bonchev–Trinajstić information content (AvgIpc) is 2.90. The van der Waals surface area contributed by atoms with Gasteiger partial charge in [0.15, 0.2) is 11.5 Å². The van der Waals surface area contributed by atoms with Crippen LogP contribution < -0.4 is 14.8 Å². The Balaban J connectivity index is 1.46. The van der Waals surface area contributed by atoms with Crippen LogP contribution in [0.5, 0.6) is 11.5 Å². The quantitative estimate of drug-likeness (QED) is 0.414. The van der Waals surface area contributed by atoms with Crippen LogP contribution in [0.15, 0.2) is 40.1 Å². The lowest BCUT2D eigenvalue weighted by atomic mass is 9.48. The number of carbonyl (C=O) groups excluding carboxylic acids is 2. The molecule has 4 fully saturated rings. The minimum Gasteiger partial charge on any atom is -0.493 e. The summed E-state index contributed by atoms with van der Waals surface area (Å²) in [6.07, 6.45) is 6.94. The van der Waals surface area contributed by atoms with Gasteiger partial charge in [0.05, 0.1) is 54.7 Å². The van der Waals surface area contributed by atoms with Gasteiger partial charge in [0.25, 0.3) is 0 Å². The van der Waals surface area contributed by atoms with Crippen LogP contribution in [0.4, 0.5) is 0 Å². The summed E-state index contributed by atoms with van der Waals surface area (Å²) in [5.74, 6) is 2.66. The molecule has 4 bridgehead atoms. The predicted octanol–water partition coefficient (Wildman–Crippen LogP) is 5.48. The van der Waals surface area contributed by atoms with Gasteiger partial charge in [-0.2, -0.15) is 5.26 Å². The Labute approximate surface area is 229 Å². The molecule has 38 heavy (non-hydrogen) atoms. The number of thioether (sulfide) groups is 1. The molecule has 1 N–H and O–H groups in total. The van der Waals surface area contributed by atoms with E-state index in [9.17, 15) is 14.9 Å². The minimum atomic E-state index is -0.655. The second kappa shape index (κ2) is 10.7. The molecule has 0 saturated heterocycles. The van der Waals surface area contributed by atoms with Crippen LogP contribution in [0.1, 0.15) is 63.9 Å². The number of nitrogens with one attached hydrogen (secondary N) is 1. The Morgan fingerprint density at radius 2 is 1.71 bits per heavy atom. The first-order chi connectivity index (χ1) is 18.3. The number of Topliss-reactive ketones (excluding diaryl/α,β-unsaturated/α-hetero) is 1. The van der Waals surface area contributed by atoms with E-state index in [4.69, 9.17) is 14.2 Å². The van der Waals surface area contributed by atoms with Crippen molar-refractivity contribution in [1.82, 2.24) is 5.32 Å². The number of rotatable bonds is 9. The van der Waals surface area contributed by atoms with Crippen molar-refractivity contribution in [2.75, 3.05) is 26.6 Å². The molecule has 6 rings (SSSR count). The summed E-state index contributed by atoms with van der Waals surface area (Å²) in [5, 5.41) is 14.3. The SMILES string of the molecule is CCOC(=O)C1=C(C)NC(SCC(=O)C23CC4CC(CC(C4)C2)C3)=C(C#N)C1c1ccc(OC)c(OC)c1. The van der Waals surface area contributed by atoms with Gasteiger partial charge >= 0.3 is 5.97 Å². The number of ether oxygens (including phenoxy) is 3. The minimum absolute atomic E-state index is 0.187. The van der Waals surface area contributed by atoms with Gasteiger partial charge in [0.2, 0.25) is 0 Å². The molecular weight excluding hydrogens is 500 g/mol. The maximum Gasteiger partial charge on any atom is 0.336 e. The molecule has 8 heteroatoms. The van der Waals surface area contributed by atoms with E-state index in [2.05, 4.69) is 11.4 Å². The Morgan fingerprint density at radius 1 is 1.08 bits per heavy atom. The molecule has 0 aromatic heterocycles. The number of nitriles is 1. The number of nitrogens with zero attached hydrogens (tertiary/aromatic N) is 1. The van der Waals surface area contributed by atoms with Crippen molar-refractivity contribution in [1.29, 1.82) is 5.26 Å². The van der Waals surface area contributed by atoms with Crippen LogP contribution >= 0.6 is 11.8 Å². The third kappa shape index (κ3) is 4.70. The zero-order chi connectivity index (χ0) is 27.0. The van der Waals surface area contributed by atoms with Gasteiger partial charge < -0.3 is 19.5 Å². The van der Waals surface area contributed by atoms with Gasteiger partial charge in [-0.1, -0.05) is 17.8 Å². The highest BCUT2D eigenvalue weighted by atomic mass is 32.2. The van der Waals surface area contributed by atoms with Crippen molar-refractivity contribution in [3.8, 4) is 17.6 Å². The number of hydrogen-bond donors (Lipinski definition) is 1. The second-order valence-electron chi connectivity index (χ2n) is 11.2. The van der Waals surface area contributed by atoms with Gasteiger partial charge in [0.1, 0.15) is 5.78 Å². The third-order valence-corrected chi connectivity index (χ3v) is 9.88. The molecule has 1 aromatic rings. The zero-order valence-corrected chi connectivity index (χ0v) is 23.4. The number of ketones is 1. The Hall–Kier alpha value is -2.92. The molecule has 202 valence electrons. The second-order valence-corrected chi connectivity index (χ2v) is 12.2. The lowest BCUT2D eigenvalue weighted by molar-refractivity contribution is -0.141. The summed E-state index contributed by atoms with van der Waals surface area (Å²) < 4.78 is 16.3. The third-order valence-electron chi connectivity index (χ3n) is 8.86. The molecule has 4 saturated carbocycles. The molecule has 1 unspecified atom stereocenters. The maximum atomic E-state index is 13.7. The Kier molecular flexibility index (Phi) is 7.50. The number of methoxy groups -OCH3 is 2. The average molecular weight is 537 g/mol. The summed E-state index contributed by atoms with van der Waals surface area (Å²) in [6.45, 7) is 3.80. The van der Waals surface area contributed by atoms with Crippen molar-refractivity contribution in [2.45, 2.75) is 58.3 Å². The normalized spacial score (nSPS) is 29.6. The molecule has 0 spiro atoms. The number of carbonyl (C=O) groups is 2. The molecule has 4 aliphatic carbocycles. The monoisotopic (exact) mass is 536 g/mol. The van der Waals surface area contributed by atoms with E-state index >= 15 is 0 Å². The molecule has 0 amide bonds. The molecule has 1 heterocycles. The lowest BCUT2D eigenvalue weighted by Gasteiger charge is -2.56. The Bertz CT molecular complexity index is 1210. The molecule has 0 radical (unpaired) electrons. The highest BCUT2D eigenvalue weighted by molar-refractivity contribution is 8.03. The van der Waals surface area contributed by atoms with Gasteiger partial charge in [-0.05, 0) is 87.8 Å². The van der Waals surface area contributed by atoms with E-state index in [-0.39, 0.29) is 12.0 Å². The van der Waals surface area contributed by atoms with Crippen LogP contribution in [0.3, 0.4) is 0 Å². The van der Waals surface area contributed by atoms with Crippen LogP contribution in [-0.4, -0.2) is 38.3 Å². The summed E-state index contributed by atoms with van der Waals surface area (Å²) in [5.41, 5.74) is 1.93. The smallest absolute Gasteiger partial charge is 0.336 e. The highest BCUT2D eigenvalue weighted by Gasteiger charge is 2.54. The summed E-state index contributed by atoms with van der Waals surface area (Å²) in [4.78, 5) is 26.8. The number of allylic oxidation sites excluding steroid dienone is 2. The van der Waals surface area contributed by atoms with Gasteiger partial charge in [0, 0.05) is 11.1 Å². The summed E-state index contributed by atoms with van der Waals surface area (Å²) in [7, 11) is 3.11. The van der Waals surface area contributed by atoms with Crippen LogP contribution in [0.2, 0.25) is 0 Å². The largest absolute Gasteiger partial charge is 0.493 e. The van der Waals surface area contributed by atoms with Gasteiger partial charge in [-0.25, -0.2) is 4.79 Å². The van der Waals surface area contributed by atoms with Gasteiger partial charge in [-0.3, -0.25) is 4.79 Å². The molecule has 1 atom stereocenters. The fourth-order valence-corrected chi connectivity index (χ4v) is 8.74. The van der Waals surface area contributed by atoms with Crippen LogP contribution in [-0.2, 0) is 14.3 Å². The van der Waals surface area contributed by atoms with E-state index in [1.807, 2.05) is 13.0 Å². The molecule has 5 aliphatic rings. The van der Waals surface area contributed by atoms with Crippen molar-refractivity contribution in [3.63, 3.8) is 0 Å². The maximum absolute atomic E-state index is 13.7. The molecular formula is C30H36N2O5S. The zero-order valence-electron chi connectivity index (χ0n) is 22.6. The first-order valence-corrected chi connectivity index (χ1v) is 14.5. The standard InChI is InChI=1S/C30H36N2O5S/c1-5-37-29(34)26-17(2)32-28(22(15-31)27(26)21-6-7-23(35-3)24(11-21)36-4)38-16-25(33)30-12-18-8-19(13-30)10-20(9-18)14-30/h6-7,11,18-20,27,32H,5,8-10,12-14,16H2,1-4H3. The molecule has 1 aromatic carbocycles. The topological polar surface area (TPSA) is 97.7 Å². The van der Waals surface area contributed by atoms with E-state index < -0.39 is 11.9 Å². The van der Waals surface area contributed by atoms with Crippen LogP contribution in [0, 0.1) is 34.5 Å².